The smallest absolute Gasteiger partial charge is 0.246 e. The van der Waals surface area contributed by atoms with E-state index >= 15 is 0 Å². The summed E-state index contributed by atoms with van der Waals surface area (Å²) >= 11 is 0. The van der Waals surface area contributed by atoms with E-state index in [0.717, 1.165) is 30.2 Å². The Morgan fingerprint density at radius 3 is 2.62 bits per heavy atom. The van der Waals surface area contributed by atoms with Crippen molar-refractivity contribution in [3.05, 3.63) is 24.7 Å². The minimum absolute atomic E-state index is 0.0648. The second-order valence-electron chi connectivity index (χ2n) is 6.89. The van der Waals surface area contributed by atoms with Crippen LogP contribution in [0.25, 0.3) is 0 Å². The number of anilines is 3. The fourth-order valence-electron chi connectivity index (χ4n) is 2.90. The van der Waals surface area contributed by atoms with E-state index in [0.29, 0.717) is 11.5 Å². The SMILES string of the molecule is CCS(=O)(=O)N(c1cnn(C)c1)c1nccc(N2CCC(C)(N)CC2)n1. The molecule has 2 aromatic heterocycles. The summed E-state index contributed by atoms with van der Waals surface area (Å²) in [5.74, 6) is 0.759. The molecular formula is C16H25N7O2S. The molecule has 0 aromatic carbocycles. The van der Waals surface area contributed by atoms with Gasteiger partial charge in [0.1, 0.15) is 5.82 Å². The molecule has 0 aliphatic carbocycles. The summed E-state index contributed by atoms with van der Waals surface area (Å²) < 4.78 is 28.0. The van der Waals surface area contributed by atoms with Crippen LogP contribution in [0.5, 0.6) is 0 Å². The lowest BCUT2D eigenvalue weighted by Crippen LogP contribution is -2.48. The lowest BCUT2D eigenvalue weighted by molar-refractivity contribution is 0.363. The van der Waals surface area contributed by atoms with Crippen molar-refractivity contribution in [2.24, 2.45) is 12.8 Å². The summed E-state index contributed by atoms with van der Waals surface area (Å²) in [4.78, 5) is 10.8. The molecule has 2 N–H and O–H groups in total. The van der Waals surface area contributed by atoms with E-state index in [1.807, 2.05) is 6.92 Å². The molecule has 0 spiro atoms. The second kappa shape index (κ2) is 6.84. The Morgan fingerprint density at radius 2 is 2.04 bits per heavy atom. The van der Waals surface area contributed by atoms with Crippen molar-refractivity contribution in [2.75, 3.05) is 28.0 Å². The molecule has 142 valence electrons. The van der Waals surface area contributed by atoms with Gasteiger partial charge in [0.15, 0.2) is 0 Å². The number of rotatable bonds is 5. The molecule has 0 amide bonds. The summed E-state index contributed by atoms with van der Waals surface area (Å²) in [5.41, 5.74) is 6.44. The molecule has 1 aliphatic rings. The number of aromatic nitrogens is 4. The number of piperidine rings is 1. The van der Waals surface area contributed by atoms with Crippen LogP contribution in [0, 0.1) is 0 Å². The van der Waals surface area contributed by atoms with Crippen LogP contribution in [-0.4, -0.2) is 52.5 Å². The Morgan fingerprint density at radius 1 is 1.35 bits per heavy atom. The molecule has 9 nitrogen and oxygen atoms in total. The predicted molar refractivity (Wildman–Crippen MR) is 101 cm³/mol. The molecule has 26 heavy (non-hydrogen) atoms. The molecule has 0 atom stereocenters. The minimum Gasteiger partial charge on any atom is -0.356 e. The minimum atomic E-state index is -3.60. The number of nitrogens with two attached hydrogens (primary N) is 1. The van der Waals surface area contributed by atoms with Gasteiger partial charge in [-0.2, -0.15) is 10.1 Å². The topological polar surface area (TPSA) is 110 Å². The van der Waals surface area contributed by atoms with E-state index in [1.165, 1.54) is 6.20 Å². The van der Waals surface area contributed by atoms with Crippen LogP contribution in [0.1, 0.15) is 26.7 Å². The van der Waals surface area contributed by atoms with E-state index in [1.54, 1.807) is 37.1 Å². The van der Waals surface area contributed by atoms with Crippen LogP contribution in [0.15, 0.2) is 24.7 Å². The normalized spacial score (nSPS) is 17.3. The maximum Gasteiger partial charge on any atom is 0.246 e. The fourth-order valence-corrected chi connectivity index (χ4v) is 3.91. The van der Waals surface area contributed by atoms with Crippen molar-refractivity contribution in [3.63, 3.8) is 0 Å². The monoisotopic (exact) mass is 379 g/mol. The van der Waals surface area contributed by atoms with Gasteiger partial charge in [-0.25, -0.2) is 17.7 Å². The molecule has 0 unspecified atom stereocenters. The van der Waals surface area contributed by atoms with E-state index in [4.69, 9.17) is 5.73 Å². The maximum atomic E-state index is 12.7. The maximum absolute atomic E-state index is 12.7. The predicted octanol–water partition coefficient (Wildman–Crippen LogP) is 1.02. The van der Waals surface area contributed by atoms with E-state index in [2.05, 4.69) is 20.0 Å². The van der Waals surface area contributed by atoms with Gasteiger partial charge in [-0.1, -0.05) is 0 Å². The van der Waals surface area contributed by atoms with Crippen LogP contribution in [0.2, 0.25) is 0 Å². The average molecular weight is 379 g/mol. The standard InChI is InChI=1S/C16H25N7O2S/c1-4-26(24,25)23(13-11-19-21(3)12-13)15-18-8-5-14(20-15)22-9-6-16(2,17)7-10-22/h5,8,11-12H,4,6-7,9-10,17H2,1-3H3. The highest BCUT2D eigenvalue weighted by atomic mass is 32.2. The molecule has 3 rings (SSSR count). The molecule has 0 radical (unpaired) electrons. The van der Waals surface area contributed by atoms with Crippen molar-refractivity contribution in [3.8, 4) is 0 Å². The molecule has 0 saturated carbocycles. The van der Waals surface area contributed by atoms with Gasteiger partial charge < -0.3 is 10.6 Å². The van der Waals surface area contributed by atoms with E-state index < -0.39 is 10.0 Å². The second-order valence-corrected chi connectivity index (χ2v) is 9.00. The molecule has 1 aliphatic heterocycles. The zero-order chi connectivity index (χ0) is 18.9. The first-order valence-corrected chi connectivity index (χ1v) is 10.2. The summed E-state index contributed by atoms with van der Waals surface area (Å²) in [7, 11) is -1.87. The number of aryl methyl sites for hydroxylation is 1. The van der Waals surface area contributed by atoms with Crippen LogP contribution in [0.4, 0.5) is 17.5 Å². The first kappa shape index (κ1) is 18.6. The molecule has 10 heteroatoms. The fraction of sp³-hybridized carbons (Fsp3) is 0.562. The number of hydrogen-bond acceptors (Lipinski definition) is 7. The first-order valence-electron chi connectivity index (χ1n) is 8.60. The average Bonchev–Trinajstić information content (AvgIpc) is 3.01. The van der Waals surface area contributed by atoms with Gasteiger partial charge in [0.05, 0.1) is 17.6 Å². The molecule has 0 bridgehead atoms. The first-order chi connectivity index (χ1) is 12.2. The zero-order valence-electron chi connectivity index (χ0n) is 15.3. The van der Waals surface area contributed by atoms with Gasteiger partial charge in [0.2, 0.25) is 16.0 Å². The van der Waals surface area contributed by atoms with Crippen LogP contribution in [0.3, 0.4) is 0 Å². The van der Waals surface area contributed by atoms with Crippen molar-refractivity contribution in [1.82, 2.24) is 19.7 Å². The van der Waals surface area contributed by atoms with Gasteiger partial charge in [0, 0.05) is 38.1 Å². The lowest BCUT2D eigenvalue weighted by Gasteiger charge is -2.37. The lowest BCUT2D eigenvalue weighted by atomic mass is 9.91. The number of hydrogen-bond donors (Lipinski definition) is 1. The number of nitrogens with zero attached hydrogens (tertiary/aromatic N) is 6. The van der Waals surface area contributed by atoms with Crippen molar-refractivity contribution in [1.29, 1.82) is 0 Å². The van der Waals surface area contributed by atoms with Gasteiger partial charge in [-0.05, 0) is 32.8 Å². The Balaban J connectivity index is 1.96. The Bertz CT molecular complexity index is 868. The quantitative estimate of drug-likeness (QED) is 0.825. The summed E-state index contributed by atoms with van der Waals surface area (Å²) in [5, 5.41) is 4.07. The highest BCUT2D eigenvalue weighted by Gasteiger charge is 2.29. The van der Waals surface area contributed by atoms with Crippen molar-refractivity contribution in [2.45, 2.75) is 32.2 Å². The molecule has 2 aromatic rings. The number of sulfonamides is 1. The molecular weight excluding hydrogens is 354 g/mol. The zero-order valence-corrected chi connectivity index (χ0v) is 16.1. The van der Waals surface area contributed by atoms with E-state index in [-0.39, 0.29) is 17.2 Å². The Labute approximate surface area is 153 Å². The largest absolute Gasteiger partial charge is 0.356 e. The van der Waals surface area contributed by atoms with Gasteiger partial charge in [-0.15, -0.1) is 0 Å². The summed E-state index contributed by atoms with van der Waals surface area (Å²) in [6, 6.07) is 1.79. The van der Waals surface area contributed by atoms with E-state index in [9.17, 15) is 8.42 Å². The molecule has 1 saturated heterocycles. The van der Waals surface area contributed by atoms with Gasteiger partial charge in [0.25, 0.3) is 0 Å². The van der Waals surface area contributed by atoms with Crippen LogP contribution >= 0.6 is 0 Å². The van der Waals surface area contributed by atoms with Crippen LogP contribution in [-0.2, 0) is 17.1 Å². The Hall–Kier alpha value is -2.20. The highest BCUT2D eigenvalue weighted by molar-refractivity contribution is 7.93. The molecule has 1 fully saturated rings. The third kappa shape index (κ3) is 3.80. The highest BCUT2D eigenvalue weighted by Crippen LogP contribution is 2.28. The van der Waals surface area contributed by atoms with Crippen LogP contribution < -0.4 is 14.9 Å². The third-order valence-electron chi connectivity index (χ3n) is 4.61. The Kier molecular flexibility index (Phi) is 4.89. The van der Waals surface area contributed by atoms with Gasteiger partial charge in [-0.3, -0.25) is 4.68 Å². The summed E-state index contributed by atoms with van der Waals surface area (Å²) in [6.45, 7) is 5.19. The molecule has 3 heterocycles. The van der Waals surface area contributed by atoms with Gasteiger partial charge >= 0.3 is 0 Å². The van der Waals surface area contributed by atoms with Crippen molar-refractivity contribution < 1.29 is 8.42 Å². The summed E-state index contributed by atoms with van der Waals surface area (Å²) in [6.07, 6.45) is 6.41. The van der Waals surface area contributed by atoms with Crippen molar-refractivity contribution >= 4 is 27.5 Å². The third-order valence-corrected chi connectivity index (χ3v) is 6.27.